The number of esters is 1. The zero-order valence-corrected chi connectivity index (χ0v) is 21.3. The number of carbonyl (C=O) groups excluding carboxylic acids is 3. The van der Waals surface area contributed by atoms with Crippen molar-refractivity contribution in [2.75, 3.05) is 32.3 Å². The number of rotatable bonds is 10. The summed E-state index contributed by atoms with van der Waals surface area (Å²) in [6, 6.07) is 3.20. The topological polar surface area (TPSA) is 128 Å². The Labute approximate surface area is 200 Å². The van der Waals surface area contributed by atoms with Gasteiger partial charge in [0.2, 0.25) is 0 Å². The summed E-state index contributed by atoms with van der Waals surface area (Å²) < 4.78 is 39.4. The number of carbonyl (C=O) groups is 3. The van der Waals surface area contributed by atoms with E-state index in [2.05, 4.69) is 5.32 Å². The Kier molecular flexibility index (Phi) is 9.31. The second kappa shape index (κ2) is 11.5. The number of benzene rings is 1. The predicted molar refractivity (Wildman–Crippen MR) is 126 cm³/mol. The zero-order valence-electron chi connectivity index (χ0n) is 20.5. The minimum absolute atomic E-state index is 0.0339. The molecule has 1 N–H and O–H groups in total. The second-order valence-corrected chi connectivity index (χ2v) is 10.8. The van der Waals surface area contributed by atoms with Gasteiger partial charge in [-0.2, -0.15) is 0 Å². The van der Waals surface area contributed by atoms with Crippen LogP contribution in [0.4, 0.5) is 0 Å². The molecular weight excluding hydrogens is 464 g/mol. The molecule has 190 valence electrons. The van der Waals surface area contributed by atoms with Gasteiger partial charge in [-0.25, -0.2) is 13.2 Å². The van der Waals surface area contributed by atoms with E-state index >= 15 is 0 Å². The fraction of sp³-hybridized carbons (Fsp3) is 0.609. The van der Waals surface area contributed by atoms with Gasteiger partial charge in [-0.15, -0.1) is 0 Å². The Morgan fingerprint density at radius 2 is 1.68 bits per heavy atom. The SMILES string of the molecule is CCN(C(=O)C(C)OC(=O)[C@@H](NC(=O)c1cc(OC)cc(OC)c1)C(C)C)C1CCS(=O)(=O)C1. The Balaban J connectivity index is 2.10. The highest BCUT2D eigenvalue weighted by atomic mass is 32.2. The van der Waals surface area contributed by atoms with E-state index in [1.165, 1.54) is 38.2 Å². The average Bonchev–Trinajstić information content (AvgIpc) is 3.15. The van der Waals surface area contributed by atoms with Gasteiger partial charge in [-0.1, -0.05) is 13.8 Å². The summed E-state index contributed by atoms with van der Waals surface area (Å²) in [5.41, 5.74) is 0.235. The van der Waals surface area contributed by atoms with E-state index in [9.17, 15) is 22.8 Å². The summed E-state index contributed by atoms with van der Waals surface area (Å²) in [6.45, 7) is 6.97. The zero-order chi connectivity index (χ0) is 25.6. The standard InChI is InChI=1S/C23H34N2O8S/c1-7-25(17-8-9-34(29,30)13-17)22(27)15(4)33-23(28)20(14(2)3)24-21(26)16-10-18(31-5)12-19(11-16)32-6/h10-12,14-15,17,20H,7-9,13H2,1-6H3,(H,24,26)/t15?,17?,20-/m0/s1. The second-order valence-electron chi connectivity index (χ2n) is 8.56. The molecular formula is C23H34N2O8S. The number of nitrogens with zero attached hydrogens (tertiary/aromatic N) is 1. The monoisotopic (exact) mass is 498 g/mol. The first-order chi connectivity index (χ1) is 15.9. The highest BCUT2D eigenvalue weighted by Gasteiger charge is 2.37. The molecule has 3 atom stereocenters. The summed E-state index contributed by atoms with van der Waals surface area (Å²) in [5, 5.41) is 2.66. The van der Waals surface area contributed by atoms with Gasteiger partial charge in [0.25, 0.3) is 11.8 Å². The number of hydrogen-bond acceptors (Lipinski definition) is 8. The van der Waals surface area contributed by atoms with Gasteiger partial charge in [0.1, 0.15) is 17.5 Å². The maximum absolute atomic E-state index is 12.9. The minimum Gasteiger partial charge on any atom is -0.497 e. The predicted octanol–water partition coefficient (Wildman–Crippen LogP) is 1.43. The lowest BCUT2D eigenvalue weighted by Crippen LogP contribution is -2.50. The van der Waals surface area contributed by atoms with E-state index in [4.69, 9.17) is 14.2 Å². The van der Waals surface area contributed by atoms with Crippen LogP contribution in [0, 0.1) is 5.92 Å². The molecule has 1 aromatic rings. The van der Waals surface area contributed by atoms with E-state index < -0.39 is 45.8 Å². The Hall–Kier alpha value is -2.82. The third-order valence-electron chi connectivity index (χ3n) is 5.73. The van der Waals surface area contributed by atoms with Crippen molar-refractivity contribution in [2.24, 2.45) is 5.92 Å². The molecule has 2 rings (SSSR count). The van der Waals surface area contributed by atoms with E-state index in [-0.39, 0.29) is 23.0 Å². The molecule has 11 heteroatoms. The molecule has 0 radical (unpaired) electrons. The Morgan fingerprint density at radius 1 is 1.09 bits per heavy atom. The molecule has 0 aromatic heterocycles. The number of sulfone groups is 1. The summed E-state index contributed by atoms with van der Waals surface area (Å²) in [7, 11) is -0.250. The fourth-order valence-electron chi connectivity index (χ4n) is 3.81. The molecule has 2 unspecified atom stereocenters. The van der Waals surface area contributed by atoms with Gasteiger partial charge in [0, 0.05) is 24.2 Å². The smallest absolute Gasteiger partial charge is 0.329 e. The molecule has 1 heterocycles. The third-order valence-corrected chi connectivity index (χ3v) is 7.48. The van der Waals surface area contributed by atoms with Crippen LogP contribution in [-0.2, 0) is 24.2 Å². The average molecular weight is 499 g/mol. The molecule has 34 heavy (non-hydrogen) atoms. The van der Waals surface area contributed by atoms with E-state index in [1.54, 1.807) is 26.8 Å². The number of nitrogens with one attached hydrogen (secondary N) is 1. The molecule has 10 nitrogen and oxygen atoms in total. The molecule has 0 bridgehead atoms. The van der Waals surface area contributed by atoms with Crippen LogP contribution in [0.3, 0.4) is 0 Å². The first-order valence-corrected chi connectivity index (χ1v) is 13.0. The van der Waals surface area contributed by atoms with E-state index in [0.29, 0.717) is 24.5 Å². The van der Waals surface area contributed by atoms with Gasteiger partial charge in [-0.05, 0) is 38.3 Å². The van der Waals surface area contributed by atoms with Crippen molar-refractivity contribution < 1.29 is 37.0 Å². The van der Waals surface area contributed by atoms with E-state index in [1.807, 2.05) is 0 Å². The van der Waals surface area contributed by atoms with Crippen LogP contribution in [0.25, 0.3) is 0 Å². The number of methoxy groups -OCH3 is 2. The lowest BCUT2D eigenvalue weighted by molar-refractivity contribution is -0.162. The van der Waals surface area contributed by atoms with Gasteiger partial charge in [0.15, 0.2) is 15.9 Å². The first-order valence-electron chi connectivity index (χ1n) is 11.2. The normalized spacial score (nSPS) is 18.6. The molecule has 1 aliphatic heterocycles. The summed E-state index contributed by atoms with van der Waals surface area (Å²) in [6.07, 6.45) is -0.775. The van der Waals surface area contributed by atoms with E-state index in [0.717, 1.165) is 0 Å². The molecule has 1 aromatic carbocycles. The largest absolute Gasteiger partial charge is 0.497 e. The lowest BCUT2D eigenvalue weighted by atomic mass is 10.0. The maximum Gasteiger partial charge on any atom is 0.329 e. The van der Waals surface area contributed by atoms with Crippen molar-refractivity contribution in [3.63, 3.8) is 0 Å². The number of hydrogen-bond donors (Lipinski definition) is 1. The van der Waals surface area contributed by atoms with Crippen LogP contribution in [0.1, 0.15) is 44.5 Å². The van der Waals surface area contributed by atoms with Crippen LogP contribution in [0.5, 0.6) is 11.5 Å². The molecule has 0 aliphatic carbocycles. The van der Waals surface area contributed by atoms with Gasteiger partial charge in [-0.3, -0.25) is 9.59 Å². The number of likely N-dealkylation sites (N-methyl/N-ethyl adjacent to an activating group) is 1. The lowest BCUT2D eigenvalue weighted by Gasteiger charge is -2.30. The summed E-state index contributed by atoms with van der Waals surface area (Å²) in [5.74, 6) is -1.30. The molecule has 2 amide bonds. The van der Waals surface area contributed by atoms with Crippen molar-refractivity contribution in [2.45, 2.75) is 52.3 Å². The van der Waals surface area contributed by atoms with Gasteiger partial charge in [0.05, 0.1) is 25.7 Å². The quantitative estimate of drug-likeness (QED) is 0.480. The van der Waals surface area contributed by atoms with Crippen LogP contribution >= 0.6 is 0 Å². The molecule has 0 spiro atoms. The molecule has 1 aliphatic rings. The number of amides is 2. The number of ether oxygens (including phenoxy) is 3. The highest BCUT2D eigenvalue weighted by molar-refractivity contribution is 7.91. The third kappa shape index (κ3) is 6.85. The highest BCUT2D eigenvalue weighted by Crippen LogP contribution is 2.23. The van der Waals surface area contributed by atoms with Crippen molar-refractivity contribution in [3.05, 3.63) is 23.8 Å². The Bertz CT molecular complexity index is 986. The Morgan fingerprint density at radius 3 is 2.12 bits per heavy atom. The van der Waals surface area contributed by atoms with Crippen molar-refractivity contribution in [1.82, 2.24) is 10.2 Å². The minimum atomic E-state index is -3.17. The van der Waals surface area contributed by atoms with Crippen molar-refractivity contribution in [1.29, 1.82) is 0 Å². The molecule has 1 fully saturated rings. The van der Waals surface area contributed by atoms with Crippen LogP contribution in [-0.4, -0.2) is 81.6 Å². The fourth-order valence-corrected chi connectivity index (χ4v) is 5.54. The van der Waals surface area contributed by atoms with Crippen LogP contribution in [0.15, 0.2) is 18.2 Å². The summed E-state index contributed by atoms with van der Waals surface area (Å²) >= 11 is 0. The summed E-state index contributed by atoms with van der Waals surface area (Å²) in [4.78, 5) is 40.1. The van der Waals surface area contributed by atoms with Crippen LogP contribution in [0.2, 0.25) is 0 Å². The van der Waals surface area contributed by atoms with Crippen molar-refractivity contribution in [3.8, 4) is 11.5 Å². The van der Waals surface area contributed by atoms with Crippen molar-refractivity contribution >= 4 is 27.6 Å². The van der Waals surface area contributed by atoms with Gasteiger partial charge < -0.3 is 24.4 Å². The molecule has 0 saturated carbocycles. The molecule has 1 saturated heterocycles. The van der Waals surface area contributed by atoms with Crippen LogP contribution < -0.4 is 14.8 Å². The maximum atomic E-state index is 12.9. The first kappa shape index (κ1) is 27.4. The van der Waals surface area contributed by atoms with Gasteiger partial charge >= 0.3 is 5.97 Å².